The molecule has 0 saturated heterocycles. The van der Waals surface area contributed by atoms with Gasteiger partial charge < -0.3 is 0 Å². The molecule has 118 valence electrons. The zero-order valence-corrected chi connectivity index (χ0v) is 13.8. The standard InChI is InChI=1S/C17H14Cl2N2O2/c1-20-10-17(7-6-11-4-2-3-5-13(11)17)16-14(18)8-12(21(22)23)9-15(16)19/h2-5,8-9H,1,6-7,10H2. The van der Waals surface area contributed by atoms with Gasteiger partial charge in [0.15, 0.2) is 0 Å². The minimum absolute atomic E-state index is 0.114. The van der Waals surface area contributed by atoms with Crippen molar-refractivity contribution in [3.8, 4) is 0 Å². The Labute approximate surface area is 143 Å². The van der Waals surface area contributed by atoms with Gasteiger partial charge in [0.1, 0.15) is 0 Å². The molecule has 0 amide bonds. The zero-order valence-electron chi connectivity index (χ0n) is 12.3. The van der Waals surface area contributed by atoms with Gasteiger partial charge >= 0.3 is 0 Å². The fourth-order valence-electron chi connectivity index (χ4n) is 3.50. The molecule has 1 aliphatic rings. The van der Waals surface area contributed by atoms with Crippen LogP contribution < -0.4 is 0 Å². The highest BCUT2D eigenvalue weighted by molar-refractivity contribution is 6.36. The van der Waals surface area contributed by atoms with Crippen molar-refractivity contribution in [2.24, 2.45) is 4.99 Å². The highest BCUT2D eigenvalue weighted by Gasteiger charge is 2.43. The Bertz CT molecular complexity index is 784. The molecule has 23 heavy (non-hydrogen) atoms. The van der Waals surface area contributed by atoms with Crippen molar-refractivity contribution in [1.29, 1.82) is 0 Å². The van der Waals surface area contributed by atoms with E-state index in [0.717, 1.165) is 18.4 Å². The molecule has 3 rings (SSSR count). The molecule has 2 aromatic rings. The van der Waals surface area contributed by atoms with Crippen molar-refractivity contribution < 1.29 is 4.92 Å². The molecule has 1 atom stereocenters. The number of aliphatic imine (C=N–C) groups is 1. The lowest BCUT2D eigenvalue weighted by atomic mass is 9.75. The van der Waals surface area contributed by atoms with E-state index in [9.17, 15) is 10.1 Å². The van der Waals surface area contributed by atoms with Crippen LogP contribution in [-0.2, 0) is 11.8 Å². The number of nitro benzene ring substituents is 1. The summed E-state index contributed by atoms with van der Waals surface area (Å²) < 4.78 is 0. The fourth-order valence-corrected chi connectivity index (χ4v) is 4.34. The van der Waals surface area contributed by atoms with E-state index in [4.69, 9.17) is 23.2 Å². The van der Waals surface area contributed by atoms with Crippen LogP contribution in [0.1, 0.15) is 23.1 Å². The summed E-state index contributed by atoms with van der Waals surface area (Å²) in [5.41, 5.74) is 2.44. The first-order valence-electron chi connectivity index (χ1n) is 7.14. The Hall–Kier alpha value is -1.91. The number of halogens is 2. The molecule has 0 fully saturated rings. The molecular weight excluding hydrogens is 335 g/mol. The van der Waals surface area contributed by atoms with Crippen molar-refractivity contribution in [3.05, 3.63) is 73.2 Å². The maximum Gasteiger partial charge on any atom is 0.272 e. The van der Waals surface area contributed by atoms with Gasteiger partial charge in [-0.1, -0.05) is 47.5 Å². The van der Waals surface area contributed by atoms with Crippen LogP contribution in [0.4, 0.5) is 5.69 Å². The SMILES string of the molecule is C=NCC1(c2c(Cl)cc([N+](=O)[O-])cc2Cl)CCc2ccccc21. The van der Waals surface area contributed by atoms with Gasteiger partial charge in [-0.15, -0.1) is 0 Å². The van der Waals surface area contributed by atoms with Crippen LogP contribution in [0.15, 0.2) is 41.4 Å². The summed E-state index contributed by atoms with van der Waals surface area (Å²) in [6.07, 6.45) is 1.68. The number of hydrogen-bond donors (Lipinski definition) is 0. The van der Waals surface area contributed by atoms with Crippen LogP contribution in [0.5, 0.6) is 0 Å². The van der Waals surface area contributed by atoms with Crippen LogP contribution >= 0.6 is 23.2 Å². The molecule has 4 nitrogen and oxygen atoms in total. The van der Waals surface area contributed by atoms with Crippen molar-refractivity contribution in [3.63, 3.8) is 0 Å². The Kier molecular flexibility index (Phi) is 4.13. The molecule has 2 aromatic carbocycles. The zero-order chi connectivity index (χ0) is 16.6. The number of hydrogen-bond acceptors (Lipinski definition) is 3. The maximum atomic E-state index is 11.0. The number of non-ortho nitro benzene ring substituents is 1. The Morgan fingerprint density at radius 3 is 2.52 bits per heavy atom. The average Bonchev–Trinajstić information content (AvgIpc) is 2.87. The molecular formula is C17H14Cl2N2O2. The third kappa shape index (κ3) is 2.52. The second-order valence-electron chi connectivity index (χ2n) is 5.66. The number of nitrogens with zero attached hydrogens (tertiary/aromatic N) is 2. The number of nitro groups is 1. The van der Waals surface area contributed by atoms with Crippen LogP contribution in [0.25, 0.3) is 0 Å². The van der Waals surface area contributed by atoms with E-state index in [1.54, 1.807) is 0 Å². The minimum atomic E-state index is -0.497. The van der Waals surface area contributed by atoms with Crippen LogP contribution in [0, 0.1) is 10.1 Å². The molecule has 6 heteroatoms. The molecule has 0 aliphatic heterocycles. The van der Waals surface area contributed by atoms with Crippen LogP contribution in [0.3, 0.4) is 0 Å². The molecule has 0 bridgehead atoms. The highest BCUT2D eigenvalue weighted by Crippen LogP contribution is 2.49. The normalized spacial score (nSPS) is 19.4. The van der Waals surface area contributed by atoms with E-state index >= 15 is 0 Å². The van der Waals surface area contributed by atoms with Crippen molar-refractivity contribution >= 4 is 35.6 Å². The van der Waals surface area contributed by atoms with E-state index in [1.807, 2.05) is 18.2 Å². The lowest BCUT2D eigenvalue weighted by Gasteiger charge is -2.31. The Balaban J connectivity index is 2.26. The monoisotopic (exact) mass is 348 g/mol. The molecule has 0 spiro atoms. The predicted molar refractivity (Wildman–Crippen MR) is 93.1 cm³/mol. The Morgan fingerprint density at radius 2 is 1.91 bits per heavy atom. The summed E-state index contributed by atoms with van der Waals surface area (Å²) in [5, 5.41) is 11.6. The number of rotatable bonds is 4. The highest BCUT2D eigenvalue weighted by atomic mass is 35.5. The van der Waals surface area contributed by atoms with Crippen molar-refractivity contribution in [2.45, 2.75) is 18.3 Å². The maximum absolute atomic E-state index is 11.0. The second kappa shape index (κ2) is 5.95. The van der Waals surface area contributed by atoms with Crippen LogP contribution in [-0.4, -0.2) is 18.2 Å². The topological polar surface area (TPSA) is 55.5 Å². The van der Waals surface area contributed by atoms with Gasteiger partial charge in [-0.25, -0.2) is 0 Å². The molecule has 0 aromatic heterocycles. The van der Waals surface area contributed by atoms with Crippen molar-refractivity contribution in [1.82, 2.24) is 0 Å². The smallest absolute Gasteiger partial charge is 0.272 e. The molecule has 0 heterocycles. The lowest BCUT2D eigenvalue weighted by Crippen LogP contribution is -2.29. The molecule has 0 radical (unpaired) electrons. The van der Waals surface area contributed by atoms with E-state index in [1.165, 1.54) is 17.7 Å². The summed E-state index contributed by atoms with van der Waals surface area (Å²) in [5.74, 6) is 0. The van der Waals surface area contributed by atoms with E-state index < -0.39 is 10.3 Å². The number of fused-ring (bicyclic) bond motifs is 1. The molecule has 0 saturated carbocycles. The first-order valence-corrected chi connectivity index (χ1v) is 7.90. The summed E-state index contributed by atoms with van der Waals surface area (Å²) in [7, 11) is 0. The van der Waals surface area contributed by atoms with E-state index in [0.29, 0.717) is 22.2 Å². The number of benzene rings is 2. The summed E-state index contributed by atoms with van der Waals surface area (Å²) >= 11 is 12.8. The summed E-state index contributed by atoms with van der Waals surface area (Å²) in [4.78, 5) is 14.6. The third-order valence-corrected chi connectivity index (χ3v) is 5.05. The summed E-state index contributed by atoms with van der Waals surface area (Å²) in [6, 6.07) is 10.8. The van der Waals surface area contributed by atoms with Crippen LogP contribution in [0.2, 0.25) is 10.0 Å². The van der Waals surface area contributed by atoms with Crippen molar-refractivity contribution in [2.75, 3.05) is 6.54 Å². The van der Waals surface area contributed by atoms with Gasteiger partial charge in [0.25, 0.3) is 5.69 Å². The number of aryl methyl sites for hydroxylation is 1. The third-order valence-electron chi connectivity index (χ3n) is 4.45. The predicted octanol–water partition coefficient (Wildman–Crippen LogP) is 4.83. The minimum Gasteiger partial charge on any atom is -0.300 e. The second-order valence-corrected chi connectivity index (χ2v) is 6.48. The van der Waals surface area contributed by atoms with Gasteiger partial charge in [0.05, 0.1) is 21.5 Å². The molecule has 1 unspecified atom stereocenters. The lowest BCUT2D eigenvalue weighted by molar-refractivity contribution is -0.384. The first kappa shape index (κ1) is 16.0. The molecule has 1 aliphatic carbocycles. The largest absolute Gasteiger partial charge is 0.300 e. The van der Waals surface area contributed by atoms with Gasteiger partial charge in [-0.2, -0.15) is 0 Å². The van der Waals surface area contributed by atoms with E-state index in [2.05, 4.69) is 17.8 Å². The summed E-state index contributed by atoms with van der Waals surface area (Å²) in [6.45, 7) is 4.06. The fraction of sp³-hybridized carbons (Fsp3) is 0.235. The first-order chi connectivity index (χ1) is 11.0. The average molecular weight is 349 g/mol. The van der Waals surface area contributed by atoms with Gasteiger partial charge in [-0.05, 0) is 30.7 Å². The van der Waals surface area contributed by atoms with E-state index in [-0.39, 0.29) is 5.69 Å². The van der Waals surface area contributed by atoms with Gasteiger partial charge in [0.2, 0.25) is 0 Å². The quantitative estimate of drug-likeness (QED) is 0.451. The Morgan fingerprint density at radius 1 is 1.26 bits per heavy atom. The van der Waals surface area contributed by atoms with Gasteiger partial charge in [-0.3, -0.25) is 15.1 Å². The molecule has 0 N–H and O–H groups in total. The van der Waals surface area contributed by atoms with Gasteiger partial charge in [0, 0.05) is 23.1 Å².